The minimum atomic E-state index is -0.796. The van der Waals surface area contributed by atoms with Crippen molar-refractivity contribution < 1.29 is 24.2 Å². The lowest BCUT2D eigenvalue weighted by Gasteiger charge is -2.67. The number of hydrogen-bond acceptors (Lipinski definition) is 5. The molecule has 8 nitrogen and oxygen atoms in total. The number of amides is 1. The molecule has 14 unspecified atom stereocenters. The fourth-order valence-corrected chi connectivity index (χ4v) is 15.1. The van der Waals surface area contributed by atoms with Crippen LogP contribution in [0.15, 0.2) is 49.2 Å². The molecule has 1 aliphatic heterocycles. The van der Waals surface area contributed by atoms with Gasteiger partial charge in [0.2, 0.25) is 5.91 Å². The Hall–Kier alpha value is -3.42. The molecule has 1 N–H and O–H groups in total. The lowest BCUT2D eigenvalue weighted by atomic mass is 9.37. The summed E-state index contributed by atoms with van der Waals surface area (Å²) in [5.41, 5.74) is 2.39. The number of carboxylic acid groups (broad SMARTS) is 1. The SMILES string of the molecule is C=CC.CC1C(C(=O)O)CC1C(=O)OC1CCC2(C)C(CCC3(C)C4CCC5(C(=O)N6CCCC6c6nc(-c7ccccc7)cn6C)CCCC5C4CCC23)C1C. The second-order valence-corrected chi connectivity index (χ2v) is 20.3. The molecule has 8 heteroatoms. The summed E-state index contributed by atoms with van der Waals surface area (Å²) in [5, 5.41) is 9.46. The molecule has 9 rings (SSSR count). The average Bonchev–Trinajstić information content (AvgIpc) is 3.94. The van der Waals surface area contributed by atoms with Crippen molar-refractivity contribution in [2.75, 3.05) is 6.54 Å². The number of fused-ring (bicyclic) bond motifs is 7. The van der Waals surface area contributed by atoms with Gasteiger partial charge >= 0.3 is 11.9 Å². The van der Waals surface area contributed by atoms with Gasteiger partial charge in [0, 0.05) is 25.4 Å². The second kappa shape index (κ2) is 15.3. The van der Waals surface area contributed by atoms with Gasteiger partial charge in [-0.1, -0.05) is 70.5 Å². The molecule has 7 fully saturated rings. The van der Waals surface area contributed by atoms with Crippen LogP contribution in [-0.2, 0) is 26.2 Å². The van der Waals surface area contributed by atoms with Gasteiger partial charge in [-0.2, -0.15) is 0 Å². The van der Waals surface area contributed by atoms with Crippen molar-refractivity contribution in [1.29, 1.82) is 0 Å². The van der Waals surface area contributed by atoms with E-state index in [-0.39, 0.29) is 46.2 Å². The number of nitrogens with zero attached hydrogens (tertiary/aromatic N) is 3. The number of carboxylic acids is 1. The Morgan fingerprint density at radius 2 is 1.56 bits per heavy atom. The van der Waals surface area contributed by atoms with Crippen LogP contribution in [0.1, 0.15) is 136 Å². The predicted molar refractivity (Wildman–Crippen MR) is 223 cm³/mol. The number of aromatic nitrogens is 2. The molecule has 6 aliphatic carbocycles. The van der Waals surface area contributed by atoms with Crippen molar-refractivity contribution in [3.05, 3.63) is 55.0 Å². The van der Waals surface area contributed by atoms with E-state index in [2.05, 4.69) is 74.3 Å². The van der Waals surface area contributed by atoms with Gasteiger partial charge in [-0.05, 0) is 143 Å². The molecule has 57 heavy (non-hydrogen) atoms. The van der Waals surface area contributed by atoms with Gasteiger partial charge in [-0.3, -0.25) is 14.4 Å². The zero-order chi connectivity index (χ0) is 40.4. The Balaban J connectivity index is 0.00000147. The third kappa shape index (κ3) is 6.44. The topological polar surface area (TPSA) is 102 Å². The van der Waals surface area contributed by atoms with Crippen LogP contribution in [0.25, 0.3) is 11.3 Å². The molecule has 1 saturated heterocycles. The minimum absolute atomic E-state index is 0.0481. The highest BCUT2D eigenvalue weighted by molar-refractivity contribution is 5.84. The third-order valence-corrected chi connectivity index (χ3v) is 17.9. The van der Waals surface area contributed by atoms with Gasteiger partial charge in [0.1, 0.15) is 11.9 Å². The van der Waals surface area contributed by atoms with E-state index in [9.17, 15) is 14.7 Å². The van der Waals surface area contributed by atoms with Gasteiger partial charge in [0.05, 0.1) is 29.0 Å². The van der Waals surface area contributed by atoms with E-state index in [1.54, 1.807) is 6.08 Å². The van der Waals surface area contributed by atoms with E-state index in [1.807, 2.05) is 19.9 Å². The summed E-state index contributed by atoms with van der Waals surface area (Å²) >= 11 is 0. The first-order chi connectivity index (χ1) is 27.3. The standard InChI is InChI=1S/C46H63N3O5.C3H6/c1-27-31(41(50)51)25-32(27)42(52)54-38-19-22-44(3)33(28(38)2)17-21-45(4)34-18-23-46(20-9-13-35(46)30(34)15-16-39(44)45)43(53)49-24-10-14-37(49)40-47-36(26-48(40)5)29-11-7-6-8-12-29;1-3-2/h6-8,11-12,26-28,30-35,37-39H,9-10,13-25H2,1-5H3,(H,50,51);3H,1H2,2H3. The number of hydrogen-bond donors (Lipinski definition) is 1. The summed E-state index contributed by atoms with van der Waals surface area (Å²) in [5.74, 6) is 2.91. The van der Waals surface area contributed by atoms with Crippen LogP contribution in [0.4, 0.5) is 0 Å². The van der Waals surface area contributed by atoms with E-state index in [4.69, 9.17) is 9.72 Å². The summed E-state index contributed by atoms with van der Waals surface area (Å²) in [7, 11) is 2.10. The quantitative estimate of drug-likeness (QED) is 0.231. The van der Waals surface area contributed by atoms with Gasteiger partial charge in [0.25, 0.3) is 0 Å². The van der Waals surface area contributed by atoms with Crippen LogP contribution >= 0.6 is 0 Å². The van der Waals surface area contributed by atoms with E-state index < -0.39 is 11.9 Å². The van der Waals surface area contributed by atoms with Gasteiger partial charge in [0.15, 0.2) is 0 Å². The van der Waals surface area contributed by atoms with E-state index in [0.29, 0.717) is 47.8 Å². The van der Waals surface area contributed by atoms with Crippen molar-refractivity contribution in [3.63, 3.8) is 0 Å². The highest BCUT2D eigenvalue weighted by Crippen LogP contribution is 2.72. The molecule has 0 radical (unpaired) electrons. The number of rotatable bonds is 6. The number of ether oxygens (including phenoxy) is 1. The molecule has 1 aromatic heterocycles. The smallest absolute Gasteiger partial charge is 0.309 e. The second-order valence-electron chi connectivity index (χ2n) is 20.3. The van der Waals surface area contributed by atoms with Crippen LogP contribution in [0.3, 0.4) is 0 Å². The number of allylic oxidation sites excluding steroid dienone is 1. The first kappa shape index (κ1) is 40.4. The van der Waals surface area contributed by atoms with Crippen molar-refractivity contribution in [2.45, 2.75) is 137 Å². The Morgan fingerprint density at radius 1 is 0.860 bits per heavy atom. The number of carbonyl (C=O) groups is 3. The first-order valence-electron chi connectivity index (χ1n) is 22.7. The highest BCUT2D eigenvalue weighted by atomic mass is 16.5. The largest absolute Gasteiger partial charge is 0.481 e. The average molecular weight is 780 g/mol. The van der Waals surface area contributed by atoms with Gasteiger partial charge in [-0.15, -0.1) is 6.58 Å². The lowest BCUT2D eigenvalue weighted by Crippen LogP contribution is -2.62. The maximum atomic E-state index is 15.2. The van der Waals surface area contributed by atoms with Crippen molar-refractivity contribution in [3.8, 4) is 11.3 Å². The molecule has 2 heterocycles. The van der Waals surface area contributed by atoms with Crippen molar-refractivity contribution in [1.82, 2.24) is 14.5 Å². The van der Waals surface area contributed by atoms with Gasteiger partial charge < -0.3 is 19.3 Å². The summed E-state index contributed by atoms with van der Waals surface area (Å²) in [4.78, 5) is 47.4. The monoisotopic (exact) mass is 780 g/mol. The molecule has 0 spiro atoms. The minimum Gasteiger partial charge on any atom is -0.481 e. The number of esters is 1. The zero-order valence-electron chi connectivity index (χ0n) is 35.6. The number of likely N-dealkylation sites (tertiary alicyclic amines) is 1. The van der Waals surface area contributed by atoms with E-state index in [1.165, 1.54) is 44.9 Å². The van der Waals surface area contributed by atoms with E-state index in [0.717, 1.165) is 62.2 Å². The molecular weight excluding hydrogens is 711 g/mol. The fourth-order valence-electron chi connectivity index (χ4n) is 15.1. The normalized spacial score (nSPS) is 41.9. The lowest BCUT2D eigenvalue weighted by molar-refractivity contribution is -0.206. The highest BCUT2D eigenvalue weighted by Gasteiger charge is 2.66. The summed E-state index contributed by atoms with van der Waals surface area (Å²) < 4.78 is 8.43. The van der Waals surface area contributed by atoms with Crippen LogP contribution < -0.4 is 0 Å². The Kier molecular flexibility index (Phi) is 10.8. The number of benzene rings is 1. The molecular formula is C49H69N3O5. The van der Waals surface area contributed by atoms with Crippen LogP contribution in [-0.4, -0.2) is 50.1 Å². The molecule has 2 aromatic rings. The van der Waals surface area contributed by atoms with Gasteiger partial charge in [-0.25, -0.2) is 4.98 Å². The van der Waals surface area contributed by atoms with Crippen molar-refractivity contribution in [2.24, 2.45) is 76.6 Å². The molecule has 6 saturated carbocycles. The maximum absolute atomic E-state index is 15.2. The third-order valence-electron chi connectivity index (χ3n) is 17.9. The van der Waals surface area contributed by atoms with Crippen molar-refractivity contribution >= 4 is 17.8 Å². The predicted octanol–water partition coefficient (Wildman–Crippen LogP) is 10.3. The molecule has 1 amide bonds. The number of aryl methyl sites for hydroxylation is 1. The van der Waals surface area contributed by atoms with Crippen LogP contribution in [0.5, 0.6) is 0 Å². The summed E-state index contributed by atoms with van der Waals surface area (Å²) in [6.45, 7) is 15.5. The maximum Gasteiger partial charge on any atom is 0.309 e. The Morgan fingerprint density at radius 3 is 2.28 bits per heavy atom. The number of carbonyl (C=O) groups excluding carboxylic acids is 2. The molecule has 0 bridgehead atoms. The fraction of sp³-hybridized carbons (Fsp3) is 0.714. The Bertz CT molecular complexity index is 1840. The van der Waals surface area contributed by atoms with E-state index >= 15 is 4.79 Å². The number of aliphatic carboxylic acids is 1. The molecule has 7 aliphatic rings. The van der Waals surface area contributed by atoms with Crippen LogP contribution in [0, 0.1) is 69.5 Å². The molecule has 1 aromatic carbocycles. The zero-order valence-corrected chi connectivity index (χ0v) is 35.6. The molecule has 310 valence electrons. The summed E-state index contributed by atoms with van der Waals surface area (Å²) in [6.07, 6.45) is 18.8. The summed E-state index contributed by atoms with van der Waals surface area (Å²) in [6, 6.07) is 10.4. The molecule has 14 atom stereocenters. The number of imidazole rings is 1. The Labute approximate surface area is 341 Å². The first-order valence-corrected chi connectivity index (χ1v) is 22.7. The van der Waals surface area contributed by atoms with Crippen LogP contribution in [0.2, 0.25) is 0 Å².